The number of alkyl halides is 3. The second-order valence-electron chi connectivity index (χ2n) is 3.74. The van der Waals surface area contributed by atoms with Crippen LogP contribution in [0, 0.1) is 5.92 Å². The van der Waals surface area contributed by atoms with Crippen LogP contribution in [-0.2, 0) is 4.79 Å². The number of hydrogen-bond acceptors (Lipinski definition) is 3. The van der Waals surface area contributed by atoms with Gasteiger partial charge in [0.2, 0.25) is 5.91 Å². The van der Waals surface area contributed by atoms with Gasteiger partial charge in [0, 0.05) is 10.8 Å². The molecule has 0 spiro atoms. The van der Waals surface area contributed by atoms with Crippen molar-refractivity contribution in [2.45, 2.75) is 25.1 Å². The number of amides is 1. The molecule has 1 N–H and O–H groups in total. The Morgan fingerprint density at radius 3 is 2.28 bits per heavy atom. The Bertz CT molecular complexity index is 404. The van der Waals surface area contributed by atoms with Gasteiger partial charge in [0.25, 0.3) is 0 Å². The molecule has 0 heterocycles. The molecule has 3 nitrogen and oxygen atoms in total. The zero-order valence-electron chi connectivity index (χ0n) is 9.75. The van der Waals surface area contributed by atoms with E-state index >= 15 is 0 Å². The third-order valence-corrected chi connectivity index (χ3v) is 2.66. The van der Waals surface area contributed by atoms with Crippen molar-refractivity contribution in [3.8, 4) is 5.75 Å². The molecule has 1 amide bonds. The van der Waals surface area contributed by atoms with Gasteiger partial charge in [0.1, 0.15) is 5.75 Å². The van der Waals surface area contributed by atoms with Gasteiger partial charge in [-0.2, -0.15) is 0 Å². The fourth-order valence-electron chi connectivity index (χ4n) is 0.936. The van der Waals surface area contributed by atoms with Crippen LogP contribution in [0.25, 0.3) is 0 Å². The van der Waals surface area contributed by atoms with Gasteiger partial charge < -0.3 is 4.74 Å². The SMILES string of the molecule is CC(C)C(=O)NSc1ccc(OC(F)(F)F)cc1. The predicted molar refractivity (Wildman–Crippen MR) is 62.0 cm³/mol. The van der Waals surface area contributed by atoms with E-state index in [4.69, 9.17) is 0 Å². The zero-order valence-corrected chi connectivity index (χ0v) is 10.6. The quantitative estimate of drug-likeness (QED) is 0.859. The van der Waals surface area contributed by atoms with E-state index in [9.17, 15) is 18.0 Å². The van der Waals surface area contributed by atoms with Crippen LogP contribution in [0.5, 0.6) is 5.75 Å². The predicted octanol–water partition coefficient (Wildman–Crippen LogP) is 3.36. The molecule has 18 heavy (non-hydrogen) atoms. The number of hydrogen-bond donors (Lipinski definition) is 1. The lowest BCUT2D eigenvalue weighted by atomic mass is 10.2. The van der Waals surface area contributed by atoms with Crippen LogP contribution in [0.4, 0.5) is 13.2 Å². The number of benzene rings is 1. The summed E-state index contributed by atoms with van der Waals surface area (Å²) in [4.78, 5) is 11.9. The van der Waals surface area contributed by atoms with Crippen molar-refractivity contribution in [1.29, 1.82) is 0 Å². The van der Waals surface area contributed by atoms with Crippen molar-refractivity contribution in [2.24, 2.45) is 5.92 Å². The first kappa shape index (κ1) is 14.7. The average molecular weight is 279 g/mol. The van der Waals surface area contributed by atoms with Gasteiger partial charge in [-0.15, -0.1) is 13.2 Å². The van der Waals surface area contributed by atoms with E-state index in [0.29, 0.717) is 4.90 Å². The lowest BCUT2D eigenvalue weighted by Gasteiger charge is -2.09. The molecule has 0 atom stereocenters. The number of carbonyl (C=O) groups is 1. The molecule has 1 rings (SSSR count). The molecule has 100 valence electrons. The molecule has 0 fully saturated rings. The fourth-order valence-corrected chi connectivity index (χ4v) is 1.66. The minimum absolute atomic E-state index is 0.143. The van der Waals surface area contributed by atoms with Crippen molar-refractivity contribution in [3.05, 3.63) is 24.3 Å². The van der Waals surface area contributed by atoms with Gasteiger partial charge in [0.15, 0.2) is 0 Å². The minimum Gasteiger partial charge on any atom is -0.406 e. The smallest absolute Gasteiger partial charge is 0.406 e. The molecule has 0 saturated carbocycles. The molecular weight excluding hydrogens is 267 g/mol. The van der Waals surface area contributed by atoms with Crippen LogP contribution in [0.3, 0.4) is 0 Å². The van der Waals surface area contributed by atoms with E-state index in [1.807, 2.05) is 0 Å². The van der Waals surface area contributed by atoms with Crippen LogP contribution < -0.4 is 9.46 Å². The second kappa shape index (κ2) is 5.99. The summed E-state index contributed by atoms with van der Waals surface area (Å²) in [6.07, 6.45) is -4.69. The summed E-state index contributed by atoms with van der Waals surface area (Å²) in [5, 5.41) is 0. The van der Waals surface area contributed by atoms with E-state index < -0.39 is 6.36 Å². The van der Waals surface area contributed by atoms with Crippen molar-refractivity contribution >= 4 is 17.9 Å². The minimum atomic E-state index is -4.69. The number of halogens is 3. The Kier molecular flexibility index (Phi) is 4.89. The van der Waals surface area contributed by atoms with E-state index in [2.05, 4.69) is 9.46 Å². The Balaban J connectivity index is 2.53. The monoisotopic (exact) mass is 279 g/mol. The number of ether oxygens (including phenoxy) is 1. The van der Waals surface area contributed by atoms with E-state index in [1.165, 1.54) is 24.3 Å². The Labute approximate surface area is 107 Å². The topological polar surface area (TPSA) is 38.3 Å². The summed E-state index contributed by atoms with van der Waals surface area (Å²) in [5.74, 6) is -0.581. The Morgan fingerprint density at radius 1 is 1.28 bits per heavy atom. The second-order valence-corrected chi connectivity index (χ2v) is 4.62. The van der Waals surface area contributed by atoms with Crippen LogP contribution >= 0.6 is 11.9 Å². The lowest BCUT2D eigenvalue weighted by Crippen LogP contribution is -2.21. The van der Waals surface area contributed by atoms with Gasteiger partial charge in [-0.05, 0) is 36.2 Å². The summed E-state index contributed by atoms with van der Waals surface area (Å²) in [6.45, 7) is 3.49. The highest BCUT2D eigenvalue weighted by molar-refractivity contribution is 7.98. The number of carbonyl (C=O) groups excluding carboxylic acids is 1. The van der Waals surface area contributed by atoms with Gasteiger partial charge in [-0.25, -0.2) is 0 Å². The molecule has 7 heteroatoms. The van der Waals surface area contributed by atoms with Crippen LogP contribution in [-0.4, -0.2) is 12.3 Å². The Morgan fingerprint density at radius 2 is 1.83 bits per heavy atom. The Hall–Kier alpha value is -1.37. The van der Waals surface area contributed by atoms with Gasteiger partial charge >= 0.3 is 6.36 Å². The third-order valence-electron chi connectivity index (χ3n) is 1.85. The third kappa shape index (κ3) is 5.31. The van der Waals surface area contributed by atoms with Gasteiger partial charge in [-0.1, -0.05) is 13.8 Å². The highest BCUT2D eigenvalue weighted by atomic mass is 32.2. The molecule has 0 aliphatic heterocycles. The van der Waals surface area contributed by atoms with Crippen LogP contribution in [0.2, 0.25) is 0 Å². The van der Waals surface area contributed by atoms with E-state index in [0.717, 1.165) is 11.9 Å². The maximum absolute atomic E-state index is 11.9. The molecule has 0 bridgehead atoms. The molecule has 0 unspecified atom stereocenters. The van der Waals surface area contributed by atoms with E-state index in [-0.39, 0.29) is 17.6 Å². The van der Waals surface area contributed by atoms with Crippen molar-refractivity contribution < 1.29 is 22.7 Å². The molecular formula is C11H12F3NO2S. The summed E-state index contributed by atoms with van der Waals surface area (Å²) in [5.41, 5.74) is 0. The largest absolute Gasteiger partial charge is 0.573 e. The lowest BCUT2D eigenvalue weighted by molar-refractivity contribution is -0.274. The first-order chi connectivity index (χ1) is 8.28. The maximum atomic E-state index is 11.9. The average Bonchev–Trinajstić information content (AvgIpc) is 2.25. The van der Waals surface area contributed by atoms with E-state index in [1.54, 1.807) is 13.8 Å². The van der Waals surface area contributed by atoms with Gasteiger partial charge in [0.05, 0.1) is 0 Å². The number of nitrogens with one attached hydrogen (secondary N) is 1. The summed E-state index contributed by atoms with van der Waals surface area (Å²) >= 11 is 1.05. The first-order valence-electron chi connectivity index (χ1n) is 5.10. The molecule has 1 aromatic rings. The summed E-state index contributed by atoms with van der Waals surface area (Å²) < 4.78 is 42.0. The summed E-state index contributed by atoms with van der Waals surface area (Å²) in [7, 11) is 0. The standard InChI is InChI=1S/C11H12F3NO2S/c1-7(2)10(16)15-18-9-5-3-8(4-6-9)17-11(12,13)14/h3-7H,1-2H3,(H,15,16). The fraction of sp³-hybridized carbons (Fsp3) is 0.364. The zero-order chi connectivity index (χ0) is 13.8. The maximum Gasteiger partial charge on any atom is 0.573 e. The summed E-state index contributed by atoms with van der Waals surface area (Å²) in [6, 6.07) is 5.26. The highest BCUT2D eigenvalue weighted by Gasteiger charge is 2.30. The molecule has 0 saturated heterocycles. The molecule has 0 aliphatic rings. The van der Waals surface area contributed by atoms with Crippen molar-refractivity contribution in [1.82, 2.24) is 4.72 Å². The molecule has 0 aliphatic carbocycles. The van der Waals surface area contributed by atoms with Crippen LogP contribution in [0.15, 0.2) is 29.2 Å². The van der Waals surface area contributed by atoms with Crippen LogP contribution in [0.1, 0.15) is 13.8 Å². The highest BCUT2D eigenvalue weighted by Crippen LogP contribution is 2.25. The first-order valence-corrected chi connectivity index (χ1v) is 5.92. The van der Waals surface area contributed by atoms with Crippen molar-refractivity contribution in [3.63, 3.8) is 0 Å². The van der Waals surface area contributed by atoms with Gasteiger partial charge in [-0.3, -0.25) is 9.52 Å². The van der Waals surface area contributed by atoms with Crippen molar-refractivity contribution in [2.75, 3.05) is 0 Å². The molecule has 0 radical (unpaired) electrons. The molecule has 1 aromatic carbocycles. The molecule has 0 aromatic heterocycles. The number of rotatable bonds is 4. The normalized spacial score (nSPS) is 11.4.